The van der Waals surface area contributed by atoms with Gasteiger partial charge in [-0.3, -0.25) is 14.2 Å². The highest BCUT2D eigenvalue weighted by molar-refractivity contribution is 5.76. The molecule has 3 rings (SSSR count). The van der Waals surface area contributed by atoms with E-state index in [0.29, 0.717) is 18.8 Å². The average Bonchev–Trinajstić information content (AvgIpc) is 3.06. The maximum Gasteiger partial charge on any atom is 0.332 e. The number of benzene rings is 1. The Labute approximate surface area is 161 Å². The second-order valence-corrected chi connectivity index (χ2v) is 6.69. The number of imidazole rings is 1. The lowest BCUT2D eigenvalue weighted by molar-refractivity contribution is -0.131. The number of fused-ring (bicyclic) bond motifs is 1. The summed E-state index contributed by atoms with van der Waals surface area (Å²) in [7, 11) is 4.81. The van der Waals surface area contributed by atoms with E-state index in [1.165, 1.54) is 27.4 Å². The highest BCUT2D eigenvalue weighted by Crippen LogP contribution is 2.15. The summed E-state index contributed by atoms with van der Waals surface area (Å²) in [4.78, 5) is 43.2. The molecule has 0 radical (unpaired) electrons. The first kappa shape index (κ1) is 19.4. The molecule has 0 fully saturated rings. The molecule has 0 N–H and O–H groups in total. The maximum absolute atomic E-state index is 12.7. The molecule has 0 unspecified atom stereocenters. The fraction of sp³-hybridized carbons (Fsp3) is 0.368. The Bertz CT molecular complexity index is 1140. The number of amides is 1. The average molecular weight is 385 g/mol. The number of nitrogens with zero attached hydrogens (tertiary/aromatic N) is 5. The van der Waals surface area contributed by atoms with Crippen LogP contribution in [0.5, 0.6) is 5.75 Å². The molecular weight excluding hydrogens is 362 g/mol. The minimum Gasteiger partial charge on any atom is -0.491 e. The summed E-state index contributed by atoms with van der Waals surface area (Å²) in [5.41, 5.74) is 0.475. The smallest absolute Gasteiger partial charge is 0.332 e. The van der Waals surface area contributed by atoms with Crippen LogP contribution in [0.4, 0.5) is 0 Å². The fourth-order valence-electron chi connectivity index (χ4n) is 2.93. The molecule has 0 bridgehead atoms. The third-order valence-electron chi connectivity index (χ3n) is 4.70. The lowest BCUT2D eigenvalue weighted by Crippen LogP contribution is -2.44. The molecule has 0 saturated carbocycles. The highest BCUT2D eigenvalue weighted by Gasteiger charge is 2.18. The summed E-state index contributed by atoms with van der Waals surface area (Å²) in [6.45, 7) is 2.24. The quantitative estimate of drug-likeness (QED) is 0.608. The third kappa shape index (κ3) is 3.55. The van der Waals surface area contributed by atoms with Gasteiger partial charge in [0.15, 0.2) is 11.2 Å². The zero-order valence-corrected chi connectivity index (χ0v) is 16.4. The standard InChI is InChI=1S/C19H23N5O4/c1-13-7-5-6-8-14(13)28-10-9-21(2)15(25)11-24-18(26)16-17(20-12-22(16)3)23(4)19(24)27/h5-8,12H,9-11H2,1-4H3. The summed E-state index contributed by atoms with van der Waals surface area (Å²) >= 11 is 0. The number of para-hydroxylation sites is 1. The predicted octanol–water partition coefficient (Wildman–Crippen LogP) is 0.280. The SMILES string of the molecule is Cc1ccccc1OCCN(C)C(=O)Cn1c(=O)c2c(ncn2C)n(C)c1=O. The van der Waals surface area contributed by atoms with Crippen molar-refractivity contribution < 1.29 is 9.53 Å². The van der Waals surface area contributed by atoms with Crippen LogP contribution in [0.3, 0.4) is 0 Å². The van der Waals surface area contributed by atoms with Gasteiger partial charge in [0.25, 0.3) is 5.56 Å². The van der Waals surface area contributed by atoms with E-state index in [4.69, 9.17) is 4.74 Å². The predicted molar refractivity (Wildman–Crippen MR) is 105 cm³/mol. The van der Waals surface area contributed by atoms with E-state index < -0.39 is 11.2 Å². The largest absolute Gasteiger partial charge is 0.491 e. The van der Waals surface area contributed by atoms with Gasteiger partial charge in [-0.2, -0.15) is 0 Å². The van der Waals surface area contributed by atoms with E-state index in [9.17, 15) is 14.4 Å². The molecule has 0 aliphatic heterocycles. The van der Waals surface area contributed by atoms with E-state index in [1.807, 2.05) is 31.2 Å². The molecule has 0 aliphatic rings. The van der Waals surface area contributed by atoms with Gasteiger partial charge in [-0.05, 0) is 18.6 Å². The molecule has 148 valence electrons. The Hall–Kier alpha value is -3.36. The van der Waals surface area contributed by atoms with Crippen molar-refractivity contribution in [1.82, 2.24) is 23.6 Å². The molecule has 2 aromatic heterocycles. The molecule has 3 aromatic rings. The first-order valence-corrected chi connectivity index (χ1v) is 8.84. The van der Waals surface area contributed by atoms with Crippen molar-refractivity contribution in [3.8, 4) is 5.75 Å². The zero-order valence-electron chi connectivity index (χ0n) is 16.4. The Morgan fingerprint density at radius 2 is 1.93 bits per heavy atom. The van der Waals surface area contributed by atoms with E-state index in [-0.39, 0.29) is 18.0 Å². The van der Waals surface area contributed by atoms with E-state index in [0.717, 1.165) is 15.9 Å². The van der Waals surface area contributed by atoms with E-state index in [1.54, 1.807) is 14.1 Å². The van der Waals surface area contributed by atoms with Crippen molar-refractivity contribution in [2.45, 2.75) is 13.5 Å². The number of hydrogen-bond donors (Lipinski definition) is 0. The molecule has 0 atom stereocenters. The fourth-order valence-corrected chi connectivity index (χ4v) is 2.93. The third-order valence-corrected chi connectivity index (χ3v) is 4.70. The lowest BCUT2D eigenvalue weighted by Gasteiger charge is -2.18. The Kier molecular flexibility index (Phi) is 5.34. The number of ether oxygens (including phenoxy) is 1. The van der Waals surface area contributed by atoms with Gasteiger partial charge in [-0.15, -0.1) is 0 Å². The number of carbonyl (C=O) groups excluding carboxylic acids is 1. The normalized spacial score (nSPS) is 11.0. The maximum atomic E-state index is 12.7. The van der Waals surface area contributed by atoms with Gasteiger partial charge < -0.3 is 14.2 Å². The topological polar surface area (TPSA) is 91.4 Å². The van der Waals surface area contributed by atoms with Gasteiger partial charge in [0.2, 0.25) is 5.91 Å². The Morgan fingerprint density at radius 3 is 2.64 bits per heavy atom. The van der Waals surface area contributed by atoms with Crippen LogP contribution in [0.25, 0.3) is 11.2 Å². The molecule has 0 saturated heterocycles. The van der Waals surface area contributed by atoms with Gasteiger partial charge in [-0.25, -0.2) is 14.3 Å². The van der Waals surface area contributed by atoms with Crippen molar-refractivity contribution in [3.63, 3.8) is 0 Å². The molecule has 1 aromatic carbocycles. The van der Waals surface area contributed by atoms with Crippen LogP contribution in [0, 0.1) is 6.92 Å². The molecular formula is C19H23N5O4. The number of likely N-dealkylation sites (N-methyl/N-ethyl adjacent to an activating group) is 1. The van der Waals surface area contributed by atoms with Crippen LogP contribution in [0.15, 0.2) is 40.2 Å². The molecule has 1 amide bonds. The van der Waals surface area contributed by atoms with Crippen molar-refractivity contribution in [2.24, 2.45) is 14.1 Å². The highest BCUT2D eigenvalue weighted by atomic mass is 16.5. The van der Waals surface area contributed by atoms with Crippen LogP contribution in [0.1, 0.15) is 5.56 Å². The number of carbonyl (C=O) groups is 1. The van der Waals surface area contributed by atoms with E-state index >= 15 is 0 Å². The Morgan fingerprint density at radius 1 is 1.21 bits per heavy atom. The van der Waals surface area contributed by atoms with Crippen LogP contribution in [-0.2, 0) is 25.4 Å². The van der Waals surface area contributed by atoms with Gasteiger partial charge in [0.1, 0.15) is 18.9 Å². The van der Waals surface area contributed by atoms with Crippen molar-refractivity contribution >= 4 is 17.1 Å². The van der Waals surface area contributed by atoms with Crippen LogP contribution >= 0.6 is 0 Å². The van der Waals surface area contributed by atoms with E-state index in [2.05, 4.69) is 4.98 Å². The number of hydrogen-bond acceptors (Lipinski definition) is 5. The summed E-state index contributed by atoms with van der Waals surface area (Å²) in [5, 5.41) is 0. The number of rotatable bonds is 6. The molecule has 28 heavy (non-hydrogen) atoms. The van der Waals surface area contributed by atoms with Crippen molar-refractivity contribution in [2.75, 3.05) is 20.2 Å². The first-order chi connectivity index (χ1) is 13.3. The van der Waals surface area contributed by atoms with Crippen LogP contribution in [0.2, 0.25) is 0 Å². The number of aryl methyl sites for hydroxylation is 3. The van der Waals surface area contributed by atoms with Gasteiger partial charge in [0, 0.05) is 21.1 Å². The van der Waals surface area contributed by atoms with Gasteiger partial charge in [0.05, 0.1) is 12.9 Å². The lowest BCUT2D eigenvalue weighted by atomic mass is 10.2. The molecule has 9 heteroatoms. The molecule has 0 aliphatic carbocycles. The minimum absolute atomic E-state index is 0.278. The second-order valence-electron chi connectivity index (χ2n) is 6.69. The number of aromatic nitrogens is 4. The second kappa shape index (κ2) is 7.71. The molecule has 0 spiro atoms. The first-order valence-electron chi connectivity index (χ1n) is 8.84. The summed E-state index contributed by atoms with van der Waals surface area (Å²) < 4.78 is 9.44. The summed E-state index contributed by atoms with van der Waals surface area (Å²) in [6.07, 6.45) is 1.46. The monoisotopic (exact) mass is 385 g/mol. The van der Waals surface area contributed by atoms with Gasteiger partial charge in [-0.1, -0.05) is 18.2 Å². The summed E-state index contributed by atoms with van der Waals surface area (Å²) in [6, 6.07) is 7.62. The van der Waals surface area contributed by atoms with Crippen LogP contribution in [-0.4, -0.2) is 49.7 Å². The Balaban J connectivity index is 1.72. The zero-order chi connectivity index (χ0) is 20.4. The summed E-state index contributed by atoms with van der Waals surface area (Å²) in [5.74, 6) is 0.407. The van der Waals surface area contributed by atoms with Gasteiger partial charge >= 0.3 is 5.69 Å². The molecule has 2 heterocycles. The van der Waals surface area contributed by atoms with Crippen molar-refractivity contribution in [3.05, 3.63) is 57.0 Å². The minimum atomic E-state index is -0.575. The van der Waals surface area contributed by atoms with Crippen molar-refractivity contribution in [1.29, 1.82) is 0 Å². The molecule has 9 nitrogen and oxygen atoms in total. The van der Waals surface area contributed by atoms with Crippen LogP contribution < -0.4 is 16.0 Å².